The first-order valence-corrected chi connectivity index (χ1v) is 6.73. The number of carbonyl (C=O) groups is 1. The van der Waals surface area contributed by atoms with Gasteiger partial charge in [-0.1, -0.05) is 0 Å². The van der Waals surface area contributed by atoms with Gasteiger partial charge in [0, 0.05) is 16.9 Å². The summed E-state index contributed by atoms with van der Waals surface area (Å²) in [6.45, 7) is 0. The van der Waals surface area contributed by atoms with Crippen LogP contribution in [0.25, 0.3) is 16.7 Å². The van der Waals surface area contributed by atoms with Crippen LogP contribution in [0.4, 0.5) is 5.69 Å². The van der Waals surface area contributed by atoms with Gasteiger partial charge in [-0.2, -0.15) is 5.10 Å². The van der Waals surface area contributed by atoms with Gasteiger partial charge in [-0.3, -0.25) is 9.97 Å². The van der Waals surface area contributed by atoms with Crippen LogP contribution in [0.1, 0.15) is 10.5 Å². The number of carbonyl (C=O) groups excluding carboxylic acids is 1. The summed E-state index contributed by atoms with van der Waals surface area (Å²) in [7, 11) is 1.28. The number of rotatable bonds is 2. The number of fused-ring (bicyclic) bond motifs is 1. The zero-order valence-electron chi connectivity index (χ0n) is 10.9. The van der Waals surface area contributed by atoms with Crippen molar-refractivity contribution < 1.29 is 9.53 Å². The highest BCUT2D eigenvalue weighted by Crippen LogP contribution is 2.22. The molecule has 3 aromatic heterocycles. The minimum atomic E-state index is -0.583. The topological polar surface area (TPSA) is 95.9 Å². The van der Waals surface area contributed by atoms with E-state index in [0.29, 0.717) is 16.7 Å². The van der Waals surface area contributed by atoms with Gasteiger partial charge in [0.1, 0.15) is 5.52 Å². The molecule has 0 amide bonds. The summed E-state index contributed by atoms with van der Waals surface area (Å²) in [6, 6.07) is 3.59. The summed E-state index contributed by atoms with van der Waals surface area (Å²) < 4.78 is 6.96. The highest BCUT2D eigenvalue weighted by atomic mass is 79.9. The molecule has 0 saturated heterocycles. The average molecular weight is 348 g/mol. The number of pyridine rings is 2. The molecule has 3 aromatic rings. The summed E-state index contributed by atoms with van der Waals surface area (Å²) in [4.78, 5) is 20.2. The number of nitrogens with two attached hydrogens (primary N) is 1. The second-order valence-corrected chi connectivity index (χ2v) is 5.14. The minimum absolute atomic E-state index is 0.0690. The molecule has 7 nitrogen and oxygen atoms in total. The monoisotopic (exact) mass is 347 g/mol. The molecule has 0 bridgehead atoms. The fourth-order valence-corrected chi connectivity index (χ4v) is 2.26. The molecule has 0 fully saturated rings. The molecular formula is C13H10BrN5O2. The van der Waals surface area contributed by atoms with Crippen LogP contribution in [0.3, 0.4) is 0 Å². The molecule has 3 rings (SSSR count). The fraction of sp³-hybridized carbons (Fsp3) is 0.0769. The number of esters is 1. The van der Waals surface area contributed by atoms with Crippen molar-refractivity contribution in [2.24, 2.45) is 0 Å². The van der Waals surface area contributed by atoms with Gasteiger partial charge >= 0.3 is 5.97 Å². The van der Waals surface area contributed by atoms with E-state index in [0.717, 1.165) is 4.47 Å². The number of nitrogen functional groups attached to an aromatic ring is 1. The van der Waals surface area contributed by atoms with Gasteiger partial charge in [0.2, 0.25) is 0 Å². The van der Waals surface area contributed by atoms with Crippen molar-refractivity contribution >= 4 is 38.6 Å². The Kier molecular flexibility index (Phi) is 3.30. The number of anilines is 1. The maximum atomic E-state index is 11.6. The van der Waals surface area contributed by atoms with Crippen LogP contribution in [0.2, 0.25) is 0 Å². The van der Waals surface area contributed by atoms with Gasteiger partial charge < -0.3 is 10.5 Å². The quantitative estimate of drug-likeness (QED) is 0.711. The van der Waals surface area contributed by atoms with Crippen LogP contribution < -0.4 is 5.73 Å². The summed E-state index contributed by atoms with van der Waals surface area (Å²) in [5.74, 6) is -0.583. The number of hydrogen-bond acceptors (Lipinski definition) is 6. The molecule has 3 heterocycles. The van der Waals surface area contributed by atoms with Gasteiger partial charge in [-0.05, 0) is 28.1 Å². The van der Waals surface area contributed by atoms with Crippen LogP contribution >= 0.6 is 15.9 Å². The van der Waals surface area contributed by atoms with Crippen LogP contribution in [-0.4, -0.2) is 32.8 Å². The zero-order chi connectivity index (χ0) is 15.0. The summed E-state index contributed by atoms with van der Waals surface area (Å²) in [5.41, 5.74) is 8.14. The molecule has 106 valence electrons. The van der Waals surface area contributed by atoms with Gasteiger partial charge in [0.05, 0.1) is 30.2 Å². The van der Waals surface area contributed by atoms with Crippen LogP contribution in [0.5, 0.6) is 0 Å². The number of halogens is 1. The molecule has 0 aliphatic rings. The first kappa shape index (κ1) is 13.5. The lowest BCUT2D eigenvalue weighted by atomic mass is 10.3. The number of aromatic nitrogens is 4. The maximum Gasteiger partial charge on any atom is 0.360 e. The number of ether oxygens (including phenoxy) is 1. The van der Waals surface area contributed by atoms with Gasteiger partial charge in [0.15, 0.2) is 5.69 Å². The Morgan fingerprint density at radius 3 is 3.00 bits per heavy atom. The highest BCUT2D eigenvalue weighted by molar-refractivity contribution is 9.10. The standard InChI is InChI=1S/C13H10BrN5O2/c1-21-13(20)11-8(15)6-19(18-11)10-2-3-16-9-4-7(14)5-17-12(9)10/h2-6H,15H2,1H3. The van der Waals surface area contributed by atoms with E-state index < -0.39 is 5.97 Å². The Morgan fingerprint density at radius 2 is 2.24 bits per heavy atom. The Bertz CT molecular complexity index is 846. The minimum Gasteiger partial charge on any atom is -0.464 e. The number of methoxy groups -OCH3 is 1. The molecule has 0 aliphatic carbocycles. The van der Waals surface area contributed by atoms with E-state index >= 15 is 0 Å². The van der Waals surface area contributed by atoms with Crippen LogP contribution in [0.15, 0.2) is 35.2 Å². The Balaban J connectivity index is 2.19. The molecule has 0 spiro atoms. The van der Waals surface area contributed by atoms with E-state index in [9.17, 15) is 4.79 Å². The number of nitrogens with zero attached hydrogens (tertiary/aromatic N) is 4. The largest absolute Gasteiger partial charge is 0.464 e. The molecule has 8 heteroatoms. The predicted octanol–water partition coefficient (Wildman–Crippen LogP) is 1.95. The molecule has 2 N–H and O–H groups in total. The summed E-state index contributed by atoms with van der Waals surface area (Å²) in [5, 5.41) is 4.16. The van der Waals surface area contributed by atoms with Crippen molar-refractivity contribution in [3.05, 3.63) is 40.9 Å². The van der Waals surface area contributed by atoms with E-state index in [1.165, 1.54) is 11.8 Å². The van der Waals surface area contributed by atoms with E-state index in [4.69, 9.17) is 5.73 Å². The molecule has 0 radical (unpaired) electrons. The van der Waals surface area contributed by atoms with Crippen molar-refractivity contribution in [3.8, 4) is 5.69 Å². The van der Waals surface area contributed by atoms with Crippen molar-refractivity contribution in [1.29, 1.82) is 0 Å². The lowest BCUT2D eigenvalue weighted by molar-refractivity contribution is 0.0594. The van der Waals surface area contributed by atoms with Crippen molar-refractivity contribution in [1.82, 2.24) is 19.7 Å². The first-order valence-electron chi connectivity index (χ1n) is 5.94. The second-order valence-electron chi connectivity index (χ2n) is 4.22. The highest BCUT2D eigenvalue weighted by Gasteiger charge is 2.17. The lowest BCUT2D eigenvalue weighted by Gasteiger charge is -2.05. The molecule has 0 aliphatic heterocycles. The second kappa shape index (κ2) is 5.13. The molecule has 0 atom stereocenters. The third-order valence-electron chi connectivity index (χ3n) is 2.89. The fourth-order valence-electron chi connectivity index (χ4n) is 1.94. The molecule has 0 unspecified atom stereocenters. The number of hydrogen-bond donors (Lipinski definition) is 1. The molecular weight excluding hydrogens is 338 g/mol. The maximum absolute atomic E-state index is 11.6. The smallest absolute Gasteiger partial charge is 0.360 e. The summed E-state index contributed by atoms with van der Waals surface area (Å²) >= 11 is 3.35. The summed E-state index contributed by atoms with van der Waals surface area (Å²) in [6.07, 6.45) is 4.85. The lowest BCUT2D eigenvalue weighted by Crippen LogP contribution is -2.06. The van der Waals surface area contributed by atoms with Gasteiger partial charge in [0.25, 0.3) is 0 Å². The van der Waals surface area contributed by atoms with Gasteiger partial charge in [-0.25, -0.2) is 9.48 Å². The van der Waals surface area contributed by atoms with E-state index in [-0.39, 0.29) is 11.4 Å². The third-order valence-corrected chi connectivity index (χ3v) is 3.32. The van der Waals surface area contributed by atoms with Gasteiger partial charge in [-0.15, -0.1) is 0 Å². The van der Waals surface area contributed by atoms with Crippen molar-refractivity contribution in [3.63, 3.8) is 0 Å². The molecule has 0 saturated carbocycles. The van der Waals surface area contributed by atoms with Crippen LogP contribution in [0, 0.1) is 0 Å². The Labute approximate surface area is 127 Å². The SMILES string of the molecule is COC(=O)c1nn(-c2ccnc3cc(Br)cnc23)cc1N. The van der Waals surface area contributed by atoms with Crippen LogP contribution in [-0.2, 0) is 4.74 Å². The predicted molar refractivity (Wildman–Crippen MR) is 80.1 cm³/mol. The van der Waals surface area contributed by atoms with E-state index in [1.54, 1.807) is 24.7 Å². The zero-order valence-corrected chi connectivity index (χ0v) is 12.5. The normalized spacial score (nSPS) is 10.8. The Hall–Kier alpha value is -2.48. The average Bonchev–Trinajstić information content (AvgIpc) is 2.87. The molecule has 0 aromatic carbocycles. The van der Waals surface area contributed by atoms with Crippen molar-refractivity contribution in [2.75, 3.05) is 12.8 Å². The van der Waals surface area contributed by atoms with Crippen molar-refractivity contribution in [2.45, 2.75) is 0 Å². The Morgan fingerprint density at radius 1 is 1.43 bits per heavy atom. The third kappa shape index (κ3) is 2.33. The van der Waals surface area contributed by atoms with E-state index in [1.807, 2.05) is 6.07 Å². The first-order chi connectivity index (χ1) is 10.1. The van der Waals surface area contributed by atoms with E-state index in [2.05, 4.69) is 35.7 Å². The molecule has 21 heavy (non-hydrogen) atoms.